The highest BCUT2D eigenvalue weighted by molar-refractivity contribution is 6.32. The summed E-state index contributed by atoms with van der Waals surface area (Å²) >= 11 is 5.79. The largest absolute Gasteiger partial charge is 0.467 e. The van der Waals surface area contributed by atoms with Crippen molar-refractivity contribution in [3.63, 3.8) is 0 Å². The lowest BCUT2D eigenvalue weighted by atomic mass is 10.2. The molecule has 30 heavy (non-hydrogen) atoms. The Morgan fingerprint density at radius 2 is 1.80 bits per heavy atom. The molecule has 1 amide bonds. The molecule has 0 aliphatic heterocycles. The van der Waals surface area contributed by atoms with Crippen molar-refractivity contribution in [2.45, 2.75) is 12.3 Å². The van der Waals surface area contributed by atoms with Gasteiger partial charge in [0.1, 0.15) is 17.3 Å². The minimum Gasteiger partial charge on any atom is -0.467 e. The van der Waals surface area contributed by atoms with Gasteiger partial charge in [0.15, 0.2) is 0 Å². The fourth-order valence-corrected chi connectivity index (χ4v) is 2.55. The van der Waals surface area contributed by atoms with Crippen molar-refractivity contribution in [3.05, 3.63) is 55.6 Å². The number of halogens is 5. The van der Waals surface area contributed by atoms with E-state index in [1.54, 1.807) is 0 Å². The highest BCUT2D eigenvalue weighted by Gasteiger charge is 2.35. The molecule has 1 aromatic heterocycles. The van der Waals surface area contributed by atoms with Gasteiger partial charge < -0.3 is 15.2 Å². The Kier molecular flexibility index (Phi) is 6.25. The Bertz CT molecular complexity index is 1140. The Morgan fingerprint density at radius 1 is 1.20 bits per heavy atom. The van der Waals surface area contributed by atoms with Gasteiger partial charge in [-0.1, -0.05) is 11.6 Å². The molecule has 1 heterocycles. The molecule has 0 spiro atoms. The lowest BCUT2D eigenvalue weighted by molar-refractivity contribution is -0.153. The molecule has 9 nitrogen and oxygen atoms in total. The second kappa shape index (κ2) is 8.18. The Balaban J connectivity index is 2.71. The SMILES string of the molecule is COC(=O)C(Oc1cc(-n2c(=O)cc(C(F)(F)F)n(C)c2=O)c(F)cc1Cl)C(N)=O. The molecule has 1 aromatic carbocycles. The van der Waals surface area contributed by atoms with Crippen LogP contribution in [-0.2, 0) is 27.5 Å². The maximum absolute atomic E-state index is 14.4. The summed E-state index contributed by atoms with van der Waals surface area (Å²) in [5.74, 6) is -4.38. The molecule has 0 saturated heterocycles. The number of carbonyl (C=O) groups excluding carboxylic acids is 2. The predicted molar refractivity (Wildman–Crippen MR) is 92.9 cm³/mol. The first-order valence-electron chi connectivity index (χ1n) is 7.73. The molecule has 0 radical (unpaired) electrons. The van der Waals surface area contributed by atoms with Crippen LogP contribution in [0.2, 0.25) is 5.02 Å². The molecule has 2 N–H and O–H groups in total. The molecule has 1 unspecified atom stereocenters. The summed E-state index contributed by atoms with van der Waals surface area (Å²) in [7, 11) is 1.65. The summed E-state index contributed by atoms with van der Waals surface area (Å²) in [5, 5.41) is -0.497. The molecule has 0 saturated carbocycles. The van der Waals surface area contributed by atoms with Crippen LogP contribution in [0.5, 0.6) is 5.75 Å². The van der Waals surface area contributed by atoms with E-state index in [0.29, 0.717) is 12.1 Å². The average Bonchev–Trinajstić information content (AvgIpc) is 2.63. The smallest absolute Gasteiger partial charge is 0.431 e. The predicted octanol–water partition coefficient (Wildman–Crippen LogP) is 0.753. The number of methoxy groups -OCH3 is 1. The monoisotopic (exact) mass is 453 g/mol. The molecular formula is C16H12ClF4N3O6. The molecule has 14 heteroatoms. The number of hydrogen-bond acceptors (Lipinski definition) is 6. The number of amides is 1. The zero-order chi connectivity index (χ0) is 23.0. The van der Waals surface area contributed by atoms with Gasteiger partial charge in [0.05, 0.1) is 17.8 Å². The Hall–Kier alpha value is -3.35. The van der Waals surface area contributed by atoms with Gasteiger partial charge in [-0.25, -0.2) is 18.5 Å². The number of nitrogens with zero attached hydrogens (tertiary/aromatic N) is 2. The van der Waals surface area contributed by atoms with E-state index in [0.717, 1.165) is 14.2 Å². The highest BCUT2D eigenvalue weighted by atomic mass is 35.5. The number of alkyl halides is 3. The van der Waals surface area contributed by atoms with Crippen molar-refractivity contribution >= 4 is 23.5 Å². The number of esters is 1. The fourth-order valence-electron chi connectivity index (χ4n) is 2.36. The quantitative estimate of drug-likeness (QED) is 0.405. The van der Waals surface area contributed by atoms with E-state index in [4.69, 9.17) is 22.1 Å². The molecule has 0 aliphatic carbocycles. The number of aromatic nitrogens is 2. The van der Waals surface area contributed by atoms with Crippen LogP contribution >= 0.6 is 11.6 Å². The third-order valence-electron chi connectivity index (χ3n) is 3.77. The topological polar surface area (TPSA) is 123 Å². The molecule has 0 fully saturated rings. The normalized spacial score (nSPS) is 12.4. The summed E-state index contributed by atoms with van der Waals surface area (Å²) in [5.41, 5.74) is -0.413. The molecule has 2 aromatic rings. The lowest BCUT2D eigenvalue weighted by Crippen LogP contribution is -2.42. The number of benzene rings is 1. The zero-order valence-electron chi connectivity index (χ0n) is 15.1. The molecule has 0 aliphatic rings. The first kappa shape index (κ1) is 22.9. The van der Waals surface area contributed by atoms with Crippen LogP contribution in [0.15, 0.2) is 27.8 Å². The minimum atomic E-state index is -5.02. The summed E-state index contributed by atoms with van der Waals surface area (Å²) < 4.78 is 62.8. The molecule has 2 rings (SSSR count). The van der Waals surface area contributed by atoms with Crippen LogP contribution in [0, 0.1) is 5.82 Å². The third kappa shape index (κ3) is 4.30. The molecular weight excluding hydrogens is 442 g/mol. The second-order valence-corrected chi connectivity index (χ2v) is 6.11. The van der Waals surface area contributed by atoms with Crippen LogP contribution in [-0.4, -0.2) is 34.2 Å². The molecule has 1 atom stereocenters. The summed E-state index contributed by atoms with van der Waals surface area (Å²) in [6.45, 7) is 0. The molecule has 0 bridgehead atoms. The molecule has 162 valence electrons. The van der Waals surface area contributed by atoms with Gasteiger partial charge in [0, 0.05) is 19.2 Å². The third-order valence-corrected chi connectivity index (χ3v) is 4.07. The van der Waals surface area contributed by atoms with Crippen molar-refractivity contribution in [2.24, 2.45) is 12.8 Å². The van der Waals surface area contributed by atoms with E-state index < -0.39 is 63.4 Å². The van der Waals surface area contributed by atoms with E-state index in [1.807, 2.05) is 0 Å². The van der Waals surface area contributed by atoms with Crippen LogP contribution in [0.1, 0.15) is 5.69 Å². The zero-order valence-corrected chi connectivity index (χ0v) is 15.9. The standard InChI is InChI=1S/C16H12ClF4N3O6/c1-23-10(16(19,20)21)5-11(25)24(15(23)28)8-4-9(6(17)3-7(8)18)30-12(13(22)26)14(27)29-2/h3-5,12H,1-2H3,(H2,22,26). The van der Waals surface area contributed by atoms with Gasteiger partial charge in [-0.15, -0.1) is 0 Å². The van der Waals surface area contributed by atoms with E-state index in [-0.39, 0.29) is 15.2 Å². The first-order chi connectivity index (χ1) is 13.8. The number of nitrogens with two attached hydrogens (primary N) is 1. The Labute approximate surface area is 169 Å². The number of carbonyl (C=O) groups is 2. The van der Waals surface area contributed by atoms with Crippen molar-refractivity contribution in [1.29, 1.82) is 0 Å². The van der Waals surface area contributed by atoms with Gasteiger partial charge in [-0.3, -0.25) is 14.2 Å². The van der Waals surface area contributed by atoms with Gasteiger partial charge >= 0.3 is 17.8 Å². The number of hydrogen-bond donors (Lipinski definition) is 1. The Morgan fingerprint density at radius 3 is 2.30 bits per heavy atom. The van der Waals surface area contributed by atoms with Crippen molar-refractivity contribution in [3.8, 4) is 11.4 Å². The van der Waals surface area contributed by atoms with Crippen LogP contribution in [0.3, 0.4) is 0 Å². The van der Waals surface area contributed by atoms with Gasteiger partial charge in [0.25, 0.3) is 17.6 Å². The van der Waals surface area contributed by atoms with Crippen molar-refractivity contribution < 1.29 is 36.6 Å². The van der Waals surface area contributed by atoms with Gasteiger partial charge in [-0.2, -0.15) is 13.2 Å². The fraction of sp³-hybridized carbons (Fsp3) is 0.250. The van der Waals surface area contributed by atoms with Crippen molar-refractivity contribution in [2.75, 3.05) is 7.11 Å². The highest BCUT2D eigenvalue weighted by Crippen LogP contribution is 2.31. The number of ether oxygens (including phenoxy) is 2. The van der Waals surface area contributed by atoms with E-state index >= 15 is 0 Å². The maximum Gasteiger partial charge on any atom is 0.431 e. The number of rotatable bonds is 5. The number of primary amides is 1. The minimum absolute atomic E-state index is 0.0885. The maximum atomic E-state index is 14.4. The van der Waals surface area contributed by atoms with Crippen LogP contribution in [0.4, 0.5) is 17.6 Å². The first-order valence-corrected chi connectivity index (χ1v) is 8.10. The van der Waals surface area contributed by atoms with Crippen LogP contribution in [0.25, 0.3) is 5.69 Å². The van der Waals surface area contributed by atoms with Gasteiger partial charge in [-0.05, 0) is 6.07 Å². The lowest BCUT2D eigenvalue weighted by Gasteiger charge is -2.17. The summed E-state index contributed by atoms with van der Waals surface area (Å²) in [4.78, 5) is 47.5. The van der Waals surface area contributed by atoms with E-state index in [9.17, 15) is 36.7 Å². The summed E-state index contributed by atoms with van der Waals surface area (Å²) in [6, 6.07) is 1.30. The second-order valence-electron chi connectivity index (χ2n) is 5.70. The van der Waals surface area contributed by atoms with E-state index in [1.165, 1.54) is 0 Å². The van der Waals surface area contributed by atoms with Crippen molar-refractivity contribution in [1.82, 2.24) is 9.13 Å². The van der Waals surface area contributed by atoms with Crippen LogP contribution < -0.4 is 21.7 Å². The summed E-state index contributed by atoms with van der Waals surface area (Å²) in [6.07, 6.45) is -7.04. The average molecular weight is 454 g/mol. The van der Waals surface area contributed by atoms with E-state index in [2.05, 4.69) is 4.74 Å². The van der Waals surface area contributed by atoms with Gasteiger partial charge in [0.2, 0.25) is 0 Å².